The van der Waals surface area contributed by atoms with Gasteiger partial charge in [0.2, 0.25) is 5.75 Å². The molecule has 2 rings (SSSR count). The normalized spacial score (nSPS) is 23.5. The van der Waals surface area contributed by atoms with Crippen LogP contribution in [0.3, 0.4) is 0 Å². The molecule has 1 aromatic heterocycles. The standard InChI is InChI=1S/C11H19N5O2/c1-18-9-10(13-6-14-11(9)16-12)15-7-4-2-3-5-8(7)17/h6-8,17H,2-5,12H2,1H3,(H2,13,14,15,16). The molecule has 0 aromatic carbocycles. The number of anilines is 2. The lowest BCUT2D eigenvalue weighted by Gasteiger charge is -2.29. The van der Waals surface area contributed by atoms with Crippen LogP contribution in [0.15, 0.2) is 6.33 Å². The van der Waals surface area contributed by atoms with Gasteiger partial charge < -0.3 is 20.6 Å². The molecule has 0 radical (unpaired) electrons. The molecule has 0 spiro atoms. The highest BCUT2D eigenvalue weighted by Gasteiger charge is 2.24. The molecule has 1 heterocycles. The first-order valence-corrected chi connectivity index (χ1v) is 6.06. The van der Waals surface area contributed by atoms with Gasteiger partial charge in [0.25, 0.3) is 0 Å². The topological polar surface area (TPSA) is 105 Å². The lowest BCUT2D eigenvalue weighted by atomic mass is 9.92. The number of methoxy groups -OCH3 is 1. The van der Waals surface area contributed by atoms with Gasteiger partial charge in [-0.25, -0.2) is 15.8 Å². The third-order valence-corrected chi connectivity index (χ3v) is 3.20. The van der Waals surface area contributed by atoms with Gasteiger partial charge in [-0.1, -0.05) is 12.8 Å². The number of hydrogen-bond donors (Lipinski definition) is 4. The number of aliphatic hydroxyl groups excluding tert-OH is 1. The zero-order valence-corrected chi connectivity index (χ0v) is 10.4. The van der Waals surface area contributed by atoms with Crippen molar-refractivity contribution in [2.24, 2.45) is 5.84 Å². The summed E-state index contributed by atoms with van der Waals surface area (Å²) in [6.07, 6.45) is 4.94. The smallest absolute Gasteiger partial charge is 0.205 e. The number of aliphatic hydroxyl groups is 1. The molecular formula is C11H19N5O2. The third kappa shape index (κ3) is 2.62. The summed E-state index contributed by atoms with van der Waals surface area (Å²) in [4.78, 5) is 8.10. The van der Waals surface area contributed by atoms with E-state index in [4.69, 9.17) is 10.6 Å². The SMILES string of the molecule is COc1c(NN)ncnc1NC1CCCCC1O. The summed E-state index contributed by atoms with van der Waals surface area (Å²) in [5.74, 6) is 6.78. The monoisotopic (exact) mass is 253 g/mol. The molecule has 2 unspecified atom stereocenters. The van der Waals surface area contributed by atoms with Crippen LogP contribution in [0.5, 0.6) is 5.75 Å². The Morgan fingerprint density at radius 1 is 1.33 bits per heavy atom. The zero-order chi connectivity index (χ0) is 13.0. The van der Waals surface area contributed by atoms with E-state index in [1.807, 2.05) is 0 Å². The van der Waals surface area contributed by atoms with Gasteiger partial charge in [0.05, 0.1) is 19.3 Å². The number of nitrogens with one attached hydrogen (secondary N) is 2. The zero-order valence-electron chi connectivity index (χ0n) is 10.4. The molecule has 0 bridgehead atoms. The number of nitrogens with zero attached hydrogens (tertiary/aromatic N) is 2. The van der Waals surface area contributed by atoms with Crippen LogP contribution in [-0.2, 0) is 0 Å². The fourth-order valence-electron chi connectivity index (χ4n) is 2.23. The average Bonchev–Trinajstić information content (AvgIpc) is 2.41. The highest BCUT2D eigenvalue weighted by atomic mass is 16.5. The minimum Gasteiger partial charge on any atom is -0.490 e. The van der Waals surface area contributed by atoms with Crippen LogP contribution in [0.1, 0.15) is 25.7 Å². The Labute approximate surface area is 106 Å². The maximum Gasteiger partial charge on any atom is 0.205 e. The summed E-state index contributed by atoms with van der Waals surface area (Å²) in [5.41, 5.74) is 2.46. The molecule has 0 saturated heterocycles. The molecule has 2 atom stereocenters. The van der Waals surface area contributed by atoms with Crippen molar-refractivity contribution in [1.29, 1.82) is 0 Å². The fraction of sp³-hybridized carbons (Fsp3) is 0.636. The molecule has 1 fully saturated rings. The van der Waals surface area contributed by atoms with E-state index in [-0.39, 0.29) is 12.1 Å². The van der Waals surface area contributed by atoms with E-state index in [1.54, 1.807) is 0 Å². The molecule has 0 aliphatic heterocycles. The van der Waals surface area contributed by atoms with Gasteiger partial charge in [0.15, 0.2) is 11.6 Å². The van der Waals surface area contributed by atoms with Crippen LogP contribution in [0.4, 0.5) is 11.6 Å². The Kier molecular flexibility index (Phi) is 4.16. The van der Waals surface area contributed by atoms with E-state index in [9.17, 15) is 5.11 Å². The Morgan fingerprint density at radius 3 is 2.72 bits per heavy atom. The quantitative estimate of drug-likeness (QED) is 0.457. The number of hydrazine groups is 1. The van der Waals surface area contributed by atoms with Crippen LogP contribution < -0.4 is 21.3 Å². The van der Waals surface area contributed by atoms with Gasteiger partial charge in [0.1, 0.15) is 6.33 Å². The van der Waals surface area contributed by atoms with E-state index in [1.165, 1.54) is 13.4 Å². The van der Waals surface area contributed by atoms with E-state index in [0.29, 0.717) is 17.4 Å². The molecule has 0 amide bonds. The summed E-state index contributed by atoms with van der Waals surface area (Å²) in [6, 6.07) is -0.00632. The van der Waals surface area contributed by atoms with Crippen molar-refractivity contribution in [3.63, 3.8) is 0 Å². The van der Waals surface area contributed by atoms with Crippen molar-refractivity contribution >= 4 is 11.6 Å². The molecule has 1 aromatic rings. The van der Waals surface area contributed by atoms with Gasteiger partial charge in [-0.2, -0.15) is 0 Å². The largest absolute Gasteiger partial charge is 0.490 e. The molecule has 7 heteroatoms. The highest BCUT2D eigenvalue weighted by Crippen LogP contribution is 2.30. The minimum absolute atomic E-state index is 0.00632. The number of nitrogen functional groups attached to an aromatic ring is 1. The molecule has 1 aliphatic rings. The Hall–Kier alpha value is -1.60. The Balaban J connectivity index is 2.17. The summed E-state index contributed by atoms with van der Waals surface area (Å²) in [7, 11) is 1.53. The number of aromatic nitrogens is 2. The van der Waals surface area contributed by atoms with Crippen molar-refractivity contribution in [3.8, 4) is 5.75 Å². The van der Waals surface area contributed by atoms with E-state index < -0.39 is 0 Å². The first-order valence-electron chi connectivity index (χ1n) is 6.06. The van der Waals surface area contributed by atoms with Gasteiger partial charge in [0, 0.05) is 0 Å². The van der Waals surface area contributed by atoms with Crippen LogP contribution in [-0.4, -0.2) is 34.3 Å². The lowest BCUT2D eigenvalue weighted by molar-refractivity contribution is 0.116. The molecular weight excluding hydrogens is 234 g/mol. The van der Waals surface area contributed by atoms with E-state index >= 15 is 0 Å². The molecule has 7 nitrogen and oxygen atoms in total. The first kappa shape index (κ1) is 12.8. The maximum absolute atomic E-state index is 9.93. The fourth-order valence-corrected chi connectivity index (χ4v) is 2.23. The molecule has 18 heavy (non-hydrogen) atoms. The predicted octanol–water partition coefficient (Wildman–Crippen LogP) is 0.486. The van der Waals surface area contributed by atoms with Gasteiger partial charge in [-0.05, 0) is 12.8 Å². The molecule has 100 valence electrons. The third-order valence-electron chi connectivity index (χ3n) is 3.20. The van der Waals surface area contributed by atoms with Gasteiger partial charge >= 0.3 is 0 Å². The first-order chi connectivity index (χ1) is 8.76. The van der Waals surface area contributed by atoms with Crippen LogP contribution in [0.2, 0.25) is 0 Å². The van der Waals surface area contributed by atoms with Crippen LogP contribution in [0, 0.1) is 0 Å². The number of rotatable bonds is 4. The molecule has 5 N–H and O–H groups in total. The predicted molar refractivity (Wildman–Crippen MR) is 68.3 cm³/mol. The van der Waals surface area contributed by atoms with Crippen molar-refractivity contribution < 1.29 is 9.84 Å². The second kappa shape index (κ2) is 5.83. The van der Waals surface area contributed by atoms with Gasteiger partial charge in [-0.15, -0.1) is 0 Å². The van der Waals surface area contributed by atoms with Crippen molar-refractivity contribution in [1.82, 2.24) is 9.97 Å². The van der Waals surface area contributed by atoms with Crippen molar-refractivity contribution in [2.45, 2.75) is 37.8 Å². The Morgan fingerprint density at radius 2 is 2.06 bits per heavy atom. The minimum atomic E-state index is -0.354. The second-order valence-electron chi connectivity index (χ2n) is 4.35. The average molecular weight is 253 g/mol. The lowest BCUT2D eigenvalue weighted by Crippen LogP contribution is -2.36. The van der Waals surface area contributed by atoms with Gasteiger partial charge in [-0.3, -0.25) is 0 Å². The van der Waals surface area contributed by atoms with Crippen molar-refractivity contribution in [3.05, 3.63) is 6.33 Å². The summed E-state index contributed by atoms with van der Waals surface area (Å²) < 4.78 is 5.23. The molecule has 1 aliphatic carbocycles. The summed E-state index contributed by atoms with van der Waals surface area (Å²) >= 11 is 0. The maximum atomic E-state index is 9.93. The summed E-state index contributed by atoms with van der Waals surface area (Å²) in [5, 5.41) is 13.1. The van der Waals surface area contributed by atoms with E-state index in [2.05, 4.69) is 20.7 Å². The highest BCUT2D eigenvalue weighted by molar-refractivity contribution is 5.63. The number of ether oxygens (including phenoxy) is 1. The Bertz CT molecular complexity index is 401. The van der Waals surface area contributed by atoms with Crippen molar-refractivity contribution in [2.75, 3.05) is 17.9 Å². The summed E-state index contributed by atoms with van der Waals surface area (Å²) in [6.45, 7) is 0. The second-order valence-corrected chi connectivity index (χ2v) is 4.35. The van der Waals surface area contributed by atoms with E-state index in [0.717, 1.165) is 25.7 Å². The van der Waals surface area contributed by atoms with Crippen LogP contribution >= 0.6 is 0 Å². The number of nitrogens with two attached hydrogens (primary N) is 1. The number of hydrogen-bond acceptors (Lipinski definition) is 7. The van der Waals surface area contributed by atoms with Crippen LogP contribution in [0.25, 0.3) is 0 Å². The molecule has 1 saturated carbocycles.